The van der Waals surface area contributed by atoms with Gasteiger partial charge in [0, 0.05) is 37.0 Å². The number of fused-ring (bicyclic) bond motifs is 1. The summed E-state index contributed by atoms with van der Waals surface area (Å²) in [5.41, 5.74) is 4.18. The molecular formula is C21H23N5O3S. The quantitative estimate of drug-likeness (QED) is 0.634. The first-order chi connectivity index (χ1) is 14.2. The molecule has 2 aromatic heterocycles. The average Bonchev–Trinajstić information content (AvgIpc) is 2.73. The molecule has 1 atom stereocenters. The van der Waals surface area contributed by atoms with Crippen molar-refractivity contribution >= 4 is 26.8 Å². The Kier molecular flexibility index (Phi) is 5.23. The van der Waals surface area contributed by atoms with Crippen molar-refractivity contribution in [3.63, 3.8) is 0 Å². The van der Waals surface area contributed by atoms with Gasteiger partial charge < -0.3 is 4.90 Å². The van der Waals surface area contributed by atoms with Gasteiger partial charge in [0.05, 0.1) is 28.1 Å². The lowest BCUT2D eigenvalue weighted by atomic mass is 9.94. The van der Waals surface area contributed by atoms with E-state index in [1.807, 2.05) is 19.9 Å². The number of aryl methyl sites for hydroxylation is 2. The number of carbonyl (C=O) groups is 1. The summed E-state index contributed by atoms with van der Waals surface area (Å²) in [6, 6.07) is 5.35. The van der Waals surface area contributed by atoms with Crippen molar-refractivity contribution in [2.75, 3.05) is 19.3 Å². The van der Waals surface area contributed by atoms with E-state index in [1.54, 1.807) is 17.0 Å². The highest BCUT2D eigenvalue weighted by atomic mass is 32.2. The highest BCUT2D eigenvalue weighted by Gasteiger charge is 2.30. The Hall–Kier alpha value is -2.94. The van der Waals surface area contributed by atoms with Crippen LogP contribution in [-0.4, -0.2) is 58.5 Å². The van der Waals surface area contributed by atoms with Crippen LogP contribution in [0.4, 0.5) is 0 Å². The third-order valence-electron chi connectivity index (χ3n) is 5.52. The minimum absolute atomic E-state index is 0.100. The lowest BCUT2D eigenvalue weighted by Gasteiger charge is -2.33. The van der Waals surface area contributed by atoms with Crippen LogP contribution in [0.25, 0.3) is 11.0 Å². The summed E-state index contributed by atoms with van der Waals surface area (Å²) in [6.45, 7) is 4.83. The molecule has 0 bridgehead atoms. The second kappa shape index (κ2) is 7.71. The molecule has 0 radical (unpaired) electrons. The monoisotopic (exact) mass is 425 g/mol. The van der Waals surface area contributed by atoms with E-state index in [4.69, 9.17) is 0 Å². The predicted molar refractivity (Wildman–Crippen MR) is 112 cm³/mol. The summed E-state index contributed by atoms with van der Waals surface area (Å²) >= 11 is 0. The lowest BCUT2D eigenvalue weighted by Crippen LogP contribution is -2.39. The van der Waals surface area contributed by atoms with E-state index in [-0.39, 0.29) is 16.7 Å². The summed E-state index contributed by atoms with van der Waals surface area (Å²) in [4.78, 5) is 32.3. The molecule has 3 heterocycles. The number of nitrogens with zero attached hydrogens (tertiary/aromatic N) is 5. The zero-order valence-electron chi connectivity index (χ0n) is 17.2. The summed E-state index contributed by atoms with van der Waals surface area (Å²) < 4.78 is 24.3. The molecule has 1 fully saturated rings. The number of likely N-dealkylation sites (tertiary alicyclic amines) is 1. The van der Waals surface area contributed by atoms with Crippen molar-refractivity contribution < 1.29 is 13.2 Å². The molecular weight excluding hydrogens is 402 g/mol. The van der Waals surface area contributed by atoms with Gasteiger partial charge in [-0.1, -0.05) is 0 Å². The van der Waals surface area contributed by atoms with Gasteiger partial charge >= 0.3 is 0 Å². The molecule has 3 aromatic rings. The Bertz CT molecular complexity index is 1240. The van der Waals surface area contributed by atoms with Gasteiger partial charge in [0.15, 0.2) is 9.84 Å². The highest BCUT2D eigenvalue weighted by molar-refractivity contribution is 7.90. The second-order valence-corrected chi connectivity index (χ2v) is 9.72. The number of carbonyl (C=O) groups excluding carboxylic acids is 1. The van der Waals surface area contributed by atoms with Gasteiger partial charge in [-0.15, -0.1) is 0 Å². The van der Waals surface area contributed by atoms with Crippen molar-refractivity contribution in [1.82, 2.24) is 24.8 Å². The minimum atomic E-state index is -3.45. The Morgan fingerprint density at radius 3 is 2.60 bits per heavy atom. The SMILES string of the molecule is Cc1nc2ccc(C(=O)N3CCCC(c4ncncc4S(C)(=O)=O)C3)cc2nc1C. The topological polar surface area (TPSA) is 106 Å². The molecule has 0 saturated carbocycles. The Morgan fingerprint density at radius 2 is 1.87 bits per heavy atom. The molecule has 30 heavy (non-hydrogen) atoms. The summed E-state index contributed by atoms with van der Waals surface area (Å²) in [5, 5.41) is 0. The number of piperidine rings is 1. The van der Waals surface area contributed by atoms with Crippen LogP contribution in [0.2, 0.25) is 0 Å². The molecule has 156 valence electrons. The number of aromatic nitrogens is 4. The molecule has 1 aliphatic heterocycles. The number of hydrogen-bond donors (Lipinski definition) is 0. The Morgan fingerprint density at radius 1 is 1.13 bits per heavy atom. The highest BCUT2D eigenvalue weighted by Crippen LogP contribution is 2.30. The van der Waals surface area contributed by atoms with Gasteiger partial charge in [-0.2, -0.15) is 0 Å². The first kappa shape index (κ1) is 20.3. The zero-order chi connectivity index (χ0) is 21.5. The van der Waals surface area contributed by atoms with E-state index >= 15 is 0 Å². The first-order valence-corrected chi connectivity index (χ1v) is 11.7. The fraction of sp³-hybridized carbons (Fsp3) is 0.381. The maximum atomic E-state index is 13.2. The molecule has 1 aliphatic rings. The van der Waals surface area contributed by atoms with Crippen LogP contribution < -0.4 is 0 Å². The molecule has 0 aliphatic carbocycles. The normalized spacial score (nSPS) is 17.3. The Balaban J connectivity index is 1.62. The van der Waals surface area contributed by atoms with Crippen molar-refractivity contribution in [3.8, 4) is 0 Å². The summed E-state index contributed by atoms with van der Waals surface area (Å²) in [7, 11) is -3.45. The molecule has 0 N–H and O–H groups in total. The zero-order valence-corrected chi connectivity index (χ0v) is 18.0. The van der Waals surface area contributed by atoms with Gasteiger partial charge in [0.2, 0.25) is 0 Å². The van der Waals surface area contributed by atoms with E-state index in [1.165, 1.54) is 12.5 Å². The molecule has 0 spiro atoms. The third-order valence-corrected chi connectivity index (χ3v) is 6.64. The fourth-order valence-electron chi connectivity index (χ4n) is 3.85. The van der Waals surface area contributed by atoms with Gasteiger partial charge in [-0.25, -0.2) is 28.4 Å². The summed E-state index contributed by atoms with van der Waals surface area (Å²) in [5.74, 6) is -0.253. The largest absolute Gasteiger partial charge is 0.338 e. The van der Waals surface area contributed by atoms with Crippen LogP contribution in [0.3, 0.4) is 0 Å². The van der Waals surface area contributed by atoms with Crippen LogP contribution in [0, 0.1) is 13.8 Å². The van der Waals surface area contributed by atoms with E-state index < -0.39 is 9.84 Å². The number of sulfone groups is 1. The predicted octanol–water partition coefficient (Wildman–Crippen LogP) is 2.46. The Labute approximate surface area is 175 Å². The van der Waals surface area contributed by atoms with Gasteiger partial charge in [-0.3, -0.25) is 4.79 Å². The number of benzene rings is 1. The molecule has 4 rings (SSSR count). The second-order valence-electron chi connectivity index (χ2n) is 7.73. The number of amides is 1. The first-order valence-electron chi connectivity index (χ1n) is 9.78. The van der Waals surface area contributed by atoms with E-state index in [2.05, 4.69) is 19.9 Å². The van der Waals surface area contributed by atoms with Crippen molar-refractivity contribution in [2.24, 2.45) is 0 Å². The van der Waals surface area contributed by atoms with E-state index in [0.717, 1.165) is 36.0 Å². The fourth-order valence-corrected chi connectivity index (χ4v) is 4.70. The van der Waals surface area contributed by atoms with Gasteiger partial charge in [0.1, 0.15) is 11.2 Å². The van der Waals surface area contributed by atoms with E-state index in [9.17, 15) is 13.2 Å². The lowest BCUT2D eigenvalue weighted by molar-refractivity contribution is 0.0705. The summed E-state index contributed by atoms with van der Waals surface area (Å²) in [6.07, 6.45) is 5.39. The van der Waals surface area contributed by atoms with E-state index in [0.29, 0.717) is 29.9 Å². The van der Waals surface area contributed by atoms with Crippen molar-refractivity contribution in [1.29, 1.82) is 0 Å². The number of hydrogen-bond acceptors (Lipinski definition) is 7. The molecule has 1 amide bonds. The van der Waals surface area contributed by atoms with Crippen molar-refractivity contribution in [3.05, 3.63) is 53.4 Å². The van der Waals surface area contributed by atoms with Gasteiger partial charge in [0.25, 0.3) is 5.91 Å². The van der Waals surface area contributed by atoms with Crippen LogP contribution in [0.5, 0.6) is 0 Å². The molecule has 9 heteroatoms. The van der Waals surface area contributed by atoms with Crippen LogP contribution in [0.15, 0.2) is 35.6 Å². The third kappa shape index (κ3) is 3.89. The molecule has 1 aromatic carbocycles. The van der Waals surface area contributed by atoms with Crippen LogP contribution in [-0.2, 0) is 9.84 Å². The van der Waals surface area contributed by atoms with Crippen molar-refractivity contribution in [2.45, 2.75) is 37.5 Å². The molecule has 1 unspecified atom stereocenters. The minimum Gasteiger partial charge on any atom is -0.338 e. The van der Waals surface area contributed by atoms with Crippen LogP contribution in [0.1, 0.15) is 46.2 Å². The number of rotatable bonds is 3. The molecule has 8 nitrogen and oxygen atoms in total. The molecule has 1 saturated heterocycles. The smallest absolute Gasteiger partial charge is 0.253 e. The standard InChI is InChI=1S/C21H23N5O3S/c1-13-14(2)25-18-9-15(6-7-17(18)24-13)21(27)26-8-4-5-16(11-26)20-19(30(3,28)29)10-22-12-23-20/h6-7,9-10,12,16H,4-5,8,11H2,1-3H3. The van der Waals surface area contributed by atoms with Gasteiger partial charge in [-0.05, 0) is 44.9 Å². The average molecular weight is 426 g/mol. The van der Waals surface area contributed by atoms with Crippen LogP contribution >= 0.6 is 0 Å². The maximum absolute atomic E-state index is 13.2. The maximum Gasteiger partial charge on any atom is 0.253 e.